The number of Topliss-reactive ketones (excluding diaryl/α,β-unsaturated/α-hetero) is 1. The maximum absolute atomic E-state index is 13.5. The number of methoxy groups -OCH3 is 2. The smallest absolute Gasteiger partial charge is 0.571 e. The maximum atomic E-state index is 13.5. The SMILES string of the molecule is C.CC(C)(C)C(=O)Cl.COc1ccnc(C(=O)C[C@@H](C)C(=O)O[C@@H](C)C(c2ccc(F)cc2)c2ccc(F)cc2)c1OC(C)=O.COc1ccnc(C(=O)[OH2+])c1OC(C)=O.C[C@H]([NH3+])C(=O)O[C@@H](C)C(c1ccc(F)cc1)c1ccc(F)cc1.[Cl-]. The second kappa shape index (κ2) is 35.0. The van der Waals surface area contributed by atoms with Crippen LogP contribution in [0.15, 0.2) is 122 Å². The summed E-state index contributed by atoms with van der Waals surface area (Å²) < 4.78 is 84.5. The Kier molecular flexibility index (Phi) is 30.7. The van der Waals surface area contributed by atoms with E-state index >= 15 is 0 Å². The third-order valence-electron chi connectivity index (χ3n) is 11.5. The number of hydrogen-bond acceptors (Lipinski definition) is 15. The molecule has 0 radical (unpaired) electrons. The second-order valence-electron chi connectivity index (χ2n) is 19.3. The molecule has 0 aliphatic carbocycles. The molecule has 5 N–H and O–H groups in total. The highest BCUT2D eigenvalue weighted by atomic mass is 35.5. The van der Waals surface area contributed by atoms with Gasteiger partial charge in [-0.15, -0.1) is 0 Å². The Morgan fingerprint density at radius 1 is 0.560 bits per heavy atom. The van der Waals surface area contributed by atoms with Gasteiger partial charge < -0.3 is 51.7 Å². The normalized spacial score (nSPS) is 11.9. The monoisotopic (exact) mass is 1210 g/mol. The highest BCUT2D eigenvalue weighted by Crippen LogP contribution is 2.35. The number of esters is 4. The Balaban J connectivity index is 0.000000638. The number of aromatic nitrogens is 2. The fraction of sp³-hybridized carbons (Fsp3) is 0.328. The van der Waals surface area contributed by atoms with Gasteiger partial charge in [-0.1, -0.05) is 83.7 Å². The van der Waals surface area contributed by atoms with E-state index in [1.807, 2.05) is 0 Å². The molecular weight excluding hydrogens is 1150 g/mol. The van der Waals surface area contributed by atoms with Gasteiger partial charge in [0.05, 0.1) is 24.9 Å². The maximum Gasteiger partial charge on any atom is 0.571 e. The van der Waals surface area contributed by atoms with Crippen molar-refractivity contribution in [1.29, 1.82) is 0 Å². The lowest BCUT2D eigenvalue weighted by Crippen LogP contribution is -3.00. The molecule has 0 bridgehead atoms. The van der Waals surface area contributed by atoms with Gasteiger partial charge in [-0.2, -0.15) is 0 Å². The van der Waals surface area contributed by atoms with Crippen molar-refractivity contribution < 1.29 is 103 Å². The summed E-state index contributed by atoms with van der Waals surface area (Å²) in [6.45, 7) is 14.3. The average molecular weight is 1220 g/mol. The van der Waals surface area contributed by atoms with Crippen LogP contribution in [0.25, 0.3) is 0 Å². The summed E-state index contributed by atoms with van der Waals surface area (Å²) in [6, 6.07) is 25.8. The Morgan fingerprint density at radius 2 is 0.857 bits per heavy atom. The van der Waals surface area contributed by atoms with Gasteiger partial charge in [0.15, 0.2) is 29.0 Å². The molecule has 6 rings (SSSR count). The number of halogens is 6. The molecular formula is C61H70Cl2F4N3O14+. The van der Waals surface area contributed by atoms with Gasteiger partial charge in [0, 0.05) is 62.0 Å². The number of quaternary nitrogens is 1. The molecule has 2 heterocycles. The van der Waals surface area contributed by atoms with Crippen LogP contribution < -0.4 is 37.1 Å². The van der Waals surface area contributed by atoms with Crippen LogP contribution >= 0.6 is 11.6 Å². The molecule has 454 valence electrons. The summed E-state index contributed by atoms with van der Waals surface area (Å²) in [5.74, 6) is -7.02. The number of benzene rings is 4. The highest BCUT2D eigenvalue weighted by Gasteiger charge is 2.31. The number of nitrogens with zero attached hydrogens (tertiary/aromatic N) is 2. The van der Waals surface area contributed by atoms with Gasteiger partial charge in [0.2, 0.25) is 16.7 Å². The van der Waals surface area contributed by atoms with Crippen LogP contribution in [0.5, 0.6) is 23.0 Å². The number of carbonyl (C=O) groups is 7. The van der Waals surface area contributed by atoms with Crippen molar-refractivity contribution in [3.8, 4) is 23.0 Å². The lowest BCUT2D eigenvalue weighted by Gasteiger charge is -2.26. The molecule has 0 aliphatic rings. The number of ketones is 1. The zero-order valence-corrected chi connectivity index (χ0v) is 48.9. The molecule has 0 unspecified atom stereocenters. The minimum absolute atomic E-state index is 0. The minimum Gasteiger partial charge on any atom is -1.00 e. The van der Waals surface area contributed by atoms with Crippen LogP contribution in [-0.2, 0) is 33.4 Å². The predicted octanol–water partition coefficient (Wildman–Crippen LogP) is 7.24. The third kappa shape index (κ3) is 23.2. The van der Waals surface area contributed by atoms with Crippen molar-refractivity contribution in [3.63, 3.8) is 0 Å². The third-order valence-corrected chi connectivity index (χ3v) is 12.1. The average Bonchev–Trinajstić information content (AvgIpc) is 3.60. The summed E-state index contributed by atoms with van der Waals surface area (Å²) in [5, 5.41) is 6.64. The molecule has 4 aromatic carbocycles. The molecule has 4 atom stereocenters. The standard InChI is InChI=1S/C28H27F2NO6.C18H19F2NO2.C9H9NO5.C5H9ClO.CH4.ClH/c1-16(15-23(33)26-27(37-18(3)32)24(35-4)13-14-31-26)28(34)36-17(2)25(19-5-9-21(29)10-6-19)20-7-11-22(30)12-8-20;1-11(21)18(22)23-12(2)17(13-3-7-15(19)8-4-13)14-5-9-16(20)10-6-14;1-5(11)15-8-6(14-2)3-4-10-7(8)9(12)13;1-5(2,3)4(6)7;;/h5-14,16-17,25H,15H2,1-4H3;3-12,17H,21H2,1-2H3;3-4H,1-2H3,(H,12,13);1-3H3;1H4;1H/p+1/t16-,17+;11-,12-;;;;/m10..../s1. The van der Waals surface area contributed by atoms with Crippen LogP contribution in [0, 0.1) is 34.6 Å². The molecule has 0 saturated carbocycles. The number of hydrogen-bond donors (Lipinski definition) is 1. The molecule has 23 heteroatoms. The molecule has 2 aromatic heterocycles. The largest absolute Gasteiger partial charge is 1.00 e. The van der Waals surface area contributed by atoms with E-state index in [1.54, 1.807) is 90.1 Å². The van der Waals surface area contributed by atoms with Crippen molar-refractivity contribution in [3.05, 3.63) is 178 Å². The van der Waals surface area contributed by atoms with Gasteiger partial charge in [-0.25, -0.2) is 32.3 Å². The molecule has 17 nitrogen and oxygen atoms in total. The van der Waals surface area contributed by atoms with Crippen molar-refractivity contribution in [2.75, 3.05) is 14.2 Å². The van der Waals surface area contributed by atoms with E-state index in [0.29, 0.717) is 11.1 Å². The van der Waals surface area contributed by atoms with E-state index in [4.69, 9.17) is 45.1 Å². The Hall–Kier alpha value is -8.27. The van der Waals surface area contributed by atoms with Gasteiger partial charge in [-0.3, -0.25) is 24.0 Å². The van der Waals surface area contributed by atoms with Crippen LogP contribution in [0.2, 0.25) is 0 Å². The van der Waals surface area contributed by atoms with E-state index in [9.17, 15) is 51.1 Å². The highest BCUT2D eigenvalue weighted by molar-refractivity contribution is 6.64. The molecule has 84 heavy (non-hydrogen) atoms. The lowest BCUT2D eigenvalue weighted by molar-refractivity contribution is -0.403. The molecule has 0 aliphatic heterocycles. The summed E-state index contributed by atoms with van der Waals surface area (Å²) in [4.78, 5) is 88.8. The van der Waals surface area contributed by atoms with E-state index in [0.717, 1.165) is 11.1 Å². The lowest BCUT2D eigenvalue weighted by atomic mass is 9.87. The van der Waals surface area contributed by atoms with Gasteiger partial charge in [0.25, 0.3) is 5.69 Å². The van der Waals surface area contributed by atoms with Crippen LogP contribution in [0.3, 0.4) is 0 Å². The first-order valence-electron chi connectivity index (χ1n) is 25.2. The van der Waals surface area contributed by atoms with E-state index < -0.39 is 77.3 Å². The number of carbonyl (C=O) groups excluding carboxylic acids is 7. The van der Waals surface area contributed by atoms with Crippen molar-refractivity contribution in [2.45, 2.75) is 106 Å². The Morgan fingerprint density at radius 3 is 1.13 bits per heavy atom. The topological polar surface area (TPSA) is 251 Å². The first-order valence-corrected chi connectivity index (χ1v) is 25.5. The van der Waals surface area contributed by atoms with Crippen molar-refractivity contribution in [2.24, 2.45) is 11.3 Å². The van der Waals surface area contributed by atoms with Crippen LogP contribution in [-0.4, -0.2) is 88.4 Å². The van der Waals surface area contributed by atoms with Gasteiger partial charge >= 0.3 is 29.8 Å². The van der Waals surface area contributed by atoms with Gasteiger partial charge in [-0.05, 0) is 103 Å². The first-order chi connectivity index (χ1) is 38.5. The summed E-state index contributed by atoms with van der Waals surface area (Å²) >= 11 is 5.11. The summed E-state index contributed by atoms with van der Waals surface area (Å²) in [7, 11) is 2.72. The zero-order chi connectivity index (χ0) is 61.6. The zero-order valence-electron chi connectivity index (χ0n) is 47.4. The van der Waals surface area contributed by atoms with Gasteiger partial charge in [0.1, 0.15) is 35.5 Å². The quantitative estimate of drug-likeness (QED) is 0.0293. The second-order valence-corrected chi connectivity index (χ2v) is 19.6. The Labute approximate surface area is 496 Å². The van der Waals surface area contributed by atoms with Crippen LogP contribution in [0.1, 0.15) is 131 Å². The molecule has 0 spiro atoms. The number of rotatable bonds is 18. The predicted molar refractivity (Wildman–Crippen MR) is 300 cm³/mol. The van der Waals surface area contributed by atoms with E-state index in [-0.39, 0.29) is 88.9 Å². The van der Waals surface area contributed by atoms with Crippen LogP contribution in [0.4, 0.5) is 17.6 Å². The number of ether oxygens (including phenoxy) is 6. The molecule has 0 amide bonds. The molecule has 0 fully saturated rings. The first kappa shape index (κ1) is 73.7. The van der Waals surface area contributed by atoms with Crippen molar-refractivity contribution in [1.82, 2.24) is 9.97 Å². The molecule has 0 saturated heterocycles. The fourth-order valence-corrected chi connectivity index (χ4v) is 7.37. The summed E-state index contributed by atoms with van der Waals surface area (Å²) in [6.07, 6.45) is 1.14. The summed E-state index contributed by atoms with van der Waals surface area (Å²) in [5.41, 5.74) is 5.80. The molecule has 6 aromatic rings. The fourth-order valence-electron chi connectivity index (χ4n) is 7.37. The number of pyridine rings is 2. The Bertz CT molecular complexity index is 3040. The van der Waals surface area contributed by atoms with E-state index in [1.165, 1.54) is 108 Å². The van der Waals surface area contributed by atoms with Crippen molar-refractivity contribution >= 4 is 52.5 Å². The van der Waals surface area contributed by atoms with E-state index in [2.05, 4.69) is 15.7 Å². The minimum atomic E-state index is -1.04.